The standard InChI is InChI=1S/C40H54N4O12S2/c1-13-43(30-15-17-32(41-23-30)28-19-34(49-7)38(53-26(3)4)35(20-28)50-8)25-40(55-57(11,45)46,56-58(12,47)48)44(14-2)31-16-18-33(42-24-31)29-21-36(51-9)39(54-27(5)6)37(22-29)52-10/h15-24,26-27H,13-14,25H2,1-12H3. The zero-order valence-corrected chi connectivity index (χ0v) is 36.7. The largest absolute Gasteiger partial charge is 0.493 e. The van der Waals surface area contributed by atoms with Gasteiger partial charge in [0.25, 0.3) is 20.2 Å². The molecular weight excluding hydrogens is 793 g/mol. The maximum Gasteiger partial charge on any atom is 0.300 e. The minimum absolute atomic E-state index is 0.0316. The van der Waals surface area contributed by atoms with Crippen LogP contribution in [0.1, 0.15) is 41.5 Å². The molecule has 18 heteroatoms. The molecule has 4 aromatic rings. The van der Waals surface area contributed by atoms with Gasteiger partial charge in [0.05, 0.1) is 94.9 Å². The Hall–Kier alpha value is -5.04. The van der Waals surface area contributed by atoms with Crippen LogP contribution in [0.15, 0.2) is 60.9 Å². The van der Waals surface area contributed by atoms with Crippen LogP contribution in [0.25, 0.3) is 22.5 Å². The molecule has 318 valence electrons. The van der Waals surface area contributed by atoms with Gasteiger partial charge in [0.2, 0.25) is 11.5 Å². The third-order valence-electron chi connectivity index (χ3n) is 8.46. The Balaban J connectivity index is 1.78. The zero-order valence-electron chi connectivity index (χ0n) is 35.1. The summed E-state index contributed by atoms with van der Waals surface area (Å²) in [7, 11) is -2.63. The Morgan fingerprint density at radius 2 is 0.983 bits per heavy atom. The summed E-state index contributed by atoms with van der Waals surface area (Å²) in [6, 6.07) is 13.9. The second kappa shape index (κ2) is 19.1. The second-order valence-electron chi connectivity index (χ2n) is 13.6. The molecule has 0 N–H and O–H groups in total. The van der Waals surface area contributed by atoms with Gasteiger partial charge in [-0.25, -0.2) is 8.37 Å². The molecule has 0 bridgehead atoms. The van der Waals surface area contributed by atoms with Crippen molar-refractivity contribution in [3.8, 4) is 57.0 Å². The highest BCUT2D eigenvalue weighted by molar-refractivity contribution is 7.86. The first-order valence-electron chi connectivity index (χ1n) is 18.4. The molecule has 58 heavy (non-hydrogen) atoms. The first kappa shape index (κ1) is 45.7. The number of benzene rings is 2. The van der Waals surface area contributed by atoms with E-state index < -0.39 is 32.7 Å². The quantitative estimate of drug-likeness (QED) is 0.0667. The van der Waals surface area contributed by atoms with Gasteiger partial charge >= 0.3 is 5.91 Å². The summed E-state index contributed by atoms with van der Waals surface area (Å²) in [5, 5.41) is 0. The fourth-order valence-electron chi connectivity index (χ4n) is 6.18. The van der Waals surface area contributed by atoms with Crippen LogP contribution in [0.3, 0.4) is 0 Å². The van der Waals surface area contributed by atoms with Crippen LogP contribution in [-0.4, -0.2) is 106 Å². The lowest BCUT2D eigenvalue weighted by atomic mass is 10.1. The number of methoxy groups -OCH3 is 4. The van der Waals surface area contributed by atoms with E-state index in [1.54, 1.807) is 66.6 Å². The van der Waals surface area contributed by atoms with Crippen molar-refractivity contribution in [2.24, 2.45) is 0 Å². The molecule has 0 aliphatic heterocycles. The number of rotatable bonds is 21. The molecule has 2 aromatic carbocycles. The lowest BCUT2D eigenvalue weighted by molar-refractivity contribution is -0.0965. The Morgan fingerprint density at radius 1 is 0.603 bits per heavy atom. The third-order valence-corrected chi connectivity index (χ3v) is 9.58. The van der Waals surface area contributed by atoms with Crippen LogP contribution < -0.4 is 38.2 Å². The molecule has 0 amide bonds. The summed E-state index contributed by atoms with van der Waals surface area (Å²) < 4.78 is 97.7. The fourth-order valence-corrected chi connectivity index (χ4v) is 7.52. The number of ether oxygens (including phenoxy) is 6. The minimum Gasteiger partial charge on any atom is -0.493 e. The van der Waals surface area contributed by atoms with Gasteiger partial charge < -0.3 is 38.2 Å². The lowest BCUT2D eigenvalue weighted by Crippen LogP contribution is -2.61. The Morgan fingerprint density at radius 3 is 1.26 bits per heavy atom. The summed E-state index contributed by atoms with van der Waals surface area (Å²) in [6.45, 7) is 11.0. The van der Waals surface area contributed by atoms with Crippen molar-refractivity contribution >= 4 is 31.6 Å². The van der Waals surface area contributed by atoms with Crippen LogP contribution >= 0.6 is 0 Å². The number of hydrogen-bond acceptors (Lipinski definition) is 16. The summed E-state index contributed by atoms with van der Waals surface area (Å²) in [5.74, 6) is 0.241. The molecule has 0 saturated heterocycles. The number of hydrogen-bond donors (Lipinski definition) is 0. The second-order valence-corrected chi connectivity index (χ2v) is 16.8. The van der Waals surface area contributed by atoms with Crippen LogP contribution in [0.4, 0.5) is 11.4 Å². The smallest absolute Gasteiger partial charge is 0.300 e. The number of nitrogens with zero attached hydrogens (tertiary/aromatic N) is 4. The van der Waals surface area contributed by atoms with Crippen molar-refractivity contribution in [2.75, 3.05) is 70.4 Å². The first-order chi connectivity index (χ1) is 27.3. The molecule has 0 spiro atoms. The Labute approximate surface area is 342 Å². The van der Waals surface area contributed by atoms with Gasteiger partial charge in [-0.3, -0.25) is 9.97 Å². The highest BCUT2D eigenvalue weighted by Crippen LogP contribution is 2.43. The van der Waals surface area contributed by atoms with E-state index >= 15 is 0 Å². The highest BCUT2D eigenvalue weighted by Gasteiger charge is 2.47. The third kappa shape index (κ3) is 11.3. The Bertz CT molecular complexity index is 2130. The predicted molar refractivity (Wildman–Crippen MR) is 223 cm³/mol. The van der Waals surface area contributed by atoms with Crippen LogP contribution in [0.2, 0.25) is 0 Å². The topological polar surface area (TPSA) is 174 Å². The summed E-state index contributed by atoms with van der Waals surface area (Å²) in [6.07, 6.45) is 4.42. The molecule has 2 aromatic heterocycles. The molecule has 0 saturated carbocycles. The number of pyridine rings is 2. The van der Waals surface area contributed by atoms with Crippen molar-refractivity contribution in [3.05, 3.63) is 60.9 Å². The van der Waals surface area contributed by atoms with E-state index in [4.69, 9.17) is 36.8 Å². The summed E-state index contributed by atoms with van der Waals surface area (Å²) in [5.41, 5.74) is 3.20. The van der Waals surface area contributed by atoms with Crippen molar-refractivity contribution in [1.29, 1.82) is 0 Å². The fraction of sp³-hybridized carbons (Fsp3) is 0.450. The average Bonchev–Trinajstić information content (AvgIpc) is 3.16. The van der Waals surface area contributed by atoms with Gasteiger partial charge in [-0.15, -0.1) is 0 Å². The van der Waals surface area contributed by atoms with E-state index in [0.717, 1.165) is 12.5 Å². The normalized spacial score (nSPS) is 12.0. The number of anilines is 2. The van der Waals surface area contributed by atoms with Crippen LogP contribution in [0.5, 0.6) is 34.5 Å². The van der Waals surface area contributed by atoms with E-state index in [1.807, 2.05) is 34.6 Å². The van der Waals surface area contributed by atoms with E-state index in [9.17, 15) is 16.8 Å². The minimum atomic E-state index is -4.37. The Kier molecular flexibility index (Phi) is 15.1. The van der Waals surface area contributed by atoms with Gasteiger partial charge in [-0.1, -0.05) is 0 Å². The maximum absolute atomic E-state index is 13.0. The molecule has 0 radical (unpaired) electrons. The SMILES string of the molecule is CCN(CC(OS(C)(=O)=O)(OS(C)(=O)=O)N(CC)c1ccc(-c2cc(OC)c(OC(C)C)c(OC)c2)nc1)c1ccc(-c2cc(OC)c(OC(C)C)c(OC)c2)nc1. The van der Waals surface area contributed by atoms with Gasteiger partial charge in [-0.05, 0) is 90.1 Å². The summed E-state index contributed by atoms with van der Waals surface area (Å²) >= 11 is 0. The highest BCUT2D eigenvalue weighted by atomic mass is 32.2. The molecule has 16 nitrogen and oxygen atoms in total. The zero-order chi connectivity index (χ0) is 43.0. The summed E-state index contributed by atoms with van der Waals surface area (Å²) in [4.78, 5) is 12.4. The lowest BCUT2D eigenvalue weighted by Gasteiger charge is -2.44. The molecular formula is C40H54N4O12S2. The average molecular weight is 847 g/mol. The van der Waals surface area contributed by atoms with Gasteiger partial charge in [-0.2, -0.15) is 16.8 Å². The maximum atomic E-state index is 13.0. The van der Waals surface area contributed by atoms with Crippen molar-refractivity contribution in [1.82, 2.24) is 9.97 Å². The van der Waals surface area contributed by atoms with E-state index in [1.165, 1.54) is 39.5 Å². The predicted octanol–water partition coefficient (Wildman–Crippen LogP) is 6.38. The molecule has 2 heterocycles. The van der Waals surface area contributed by atoms with Crippen LogP contribution in [-0.2, 0) is 28.6 Å². The van der Waals surface area contributed by atoms with E-state index in [2.05, 4.69) is 9.97 Å². The van der Waals surface area contributed by atoms with Gasteiger partial charge in [0.15, 0.2) is 23.0 Å². The van der Waals surface area contributed by atoms with Crippen molar-refractivity contribution in [3.63, 3.8) is 0 Å². The van der Waals surface area contributed by atoms with Crippen molar-refractivity contribution in [2.45, 2.75) is 59.7 Å². The molecule has 0 fully saturated rings. The molecule has 0 atom stereocenters. The van der Waals surface area contributed by atoms with E-state index in [-0.39, 0.29) is 25.3 Å². The van der Waals surface area contributed by atoms with Crippen LogP contribution in [0, 0.1) is 0 Å². The molecule has 0 aliphatic carbocycles. The molecule has 0 unspecified atom stereocenters. The molecule has 4 rings (SSSR count). The first-order valence-corrected chi connectivity index (χ1v) is 22.1. The number of likely N-dealkylation sites (N-methyl/N-ethyl adjacent to an activating group) is 2. The van der Waals surface area contributed by atoms with Crippen molar-refractivity contribution < 1.29 is 53.6 Å². The molecule has 0 aliphatic rings. The monoisotopic (exact) mass is 846 g/mol. The van der Waals surface area contributed by atoms with Gasteiger partial charge in [0, 0.05) is 24.2 Å². The van der Waals surface area contributed by atoms with Gasteiger partial charge in [0.1, 0.15) is 0 Å². The number of aromatic nitrogens is 2. The van der Waals surface area contributed by atoms with E-state index in [0.29, 0.717) is 68.4 Å².